The lowest BCUT2D eigenvalue weighted by Crippen LogP contribution is -2.62. The molecule has 1 N–H and O–H groups in total. The van der Waals surface area contributed by atoms with Crippen LogP contribution in [0.4, 0.5) is 10.2 Å². The van der Waals surface area contributed by atoms with Gasteiger partial charge < -0.3 is 9.84 Å². The lowest BCUT2D eigenvalue weighted by molar-refractivity contribution is 0.0202. The van der Waals surface area contributed by atoms with E-state index in [2.05, 4.69) is 15.4 Å². The summed E-state index contributed by atoms with van der Waals surface area (Å²) in [5, 5.41) is 8.49. The Bertz CT molecular complexity index is 749. The molecule has 116 valence electrons. The fraction of sp³-hybridized carbons (Fsp3) is 0.562. The Morgan fingerprint density at radius 1 is 1.32 bits per heavy atom. The van der Waals surface area contributed by atoms with E-state index < -0.39 is 5.82 Å². The Kier molecular flexibility index (Phi) is 2.60. The predicted octanol–water partition coefficient (Wildman–Crippen LogP) is 3.66. The highest BCUT2D eigenvalue weighted by molar-refractivity contribution is 6.35. The molecule has 1 aliphatic carbocycles. The maximum absolute atomic E-state index is 13.5. The first-order valence-electron chi connectivity index (χ1n) is 7.94. The van der Waals surface area contributed by atoms with E-state index in [9.17, 15) is 4.39 Å². The van der Waals surface area contributed by atoms with Crippen LogP contribution in [0.1, 0.15) is 25.7 Å². The average Bonchev–Trinajstić information content (AvgIpc) is 3.21. The van der Waals surface area contributed by atoms with Crippen molar-refractivity contribution >= 4 is 28.4 Å². The molecule has 4 nitrogen and oxygen atoms in total. The van der Waals surface area contributed by atoms with E-state index in [-0.39, 0.29) is 5.02 Å². The van der Waals surface area contributed by atoms with Crippen LogP contribution in [0.25, 0.3) is 11.0 Å². The van der Waals surface area contributed by atoms with Gasteiger partial charge in [-0.1, -0.05) is 16.8 Å². The van der Waals surface area contributed by atoms with Crippen LogP contribution in [-0.4, -0.2) is 34.7 Å². The molecule has 6 rings (SSSR count). The van der Waals surface area contributed by atoms with Gasteiger partial charge in [0.25, 0.3) is 0 Å². The van der Waals surface area contributed by atoms with Gasteiger partial charge in [0, 0.05) is 11.6 Å². The Morgan fingerprint density at radius 2 is 2.09 bits per heavy atom. The highest BCUT2D eigenvalue weighted by Gasteiger charge is 2.60. The van der Waals surface area contributed by atoms with Gasteiger partial charge in [-0.15, -0.1) is 0 Å². The third-order valence-corrected chi connectivity index (χ3v) is 6.16. The summed E-state index contributed by atoms with van der Waals surface area (Å²) in [5.74, 6) is 0.912. The number of nitrogens with zero attached hydrogens (tertiary/aromatic N) is 2. The van der Waals surface area contributed by atoms with Crippen molar-refractivity contribution in [2.45, 2.75) is 37.3 Å². The zero-order valence-electron chi connectivity index (χ0n) is 12.1. The molecule has 1 aromatic heterocycles. The molecule has 2 aromatic rings. The Labute approximate surface area is 132 Å². The van der Waals surface area contributed by atoms with Crippen molar-refractivity contribution in [2.24, 2.45) is 5.92 Å². The van der Waals surface area contributed by atoms with Gasteiger partial charge in [0.1, 0.15) is 10.8 Å². The molecular weight excluding hydrogens is 305 g/mol. The Hall–Kier alpha value is -1.33. The van der Waals surface area contributed by atoms with Gasteiger partial charge in [-0.05, 0) is 56.8 Å². The number of aromatic nitrogens is 1. The highest BCUT2D eigenvalue weighted by Crippen LogP contribution is 2.54. The molecule has 6 heteroatoms. The first kappa shape index (κ1) is 13.1. The molecule has 22 heavy (non-hydrogen) atoms. The molecule has 3 aliphatic heterocycles. The number of benzene rings is 1. The molecule has 4 heterocycles. The third kappa shape index (κ3) is 1.64. The number of fused-ring (bicyclic) bond motifs is 3. The van der Waals surface area contributed by atoms with E-state index in [4.69, 9.17) is 16.1 Å². The second-order valence-corrected chi connectivity index (χ2v) is 7.20. The normalized spacial score (nSPS) is 31.8. The van der Waals surface area contributed by atoms with Gasteiger partial charge in [-0.3, -0.25) is 4.90 Å². The van der Waals surface area contributed by atoms with Gasteiger partial charge >= 0.3 is 0 Å². The SMILES string of the molecule is Fc1ccc2c(N[C@@H]3C4CCN(CC4)C34CC4)noc2c1Cl. The second kappa shape index (κ2) is 4.36. The topological polar surface area (TPSA) is 41.3 Å². The average molecular weight is 322 g/mol. The first-order chi connectivity index (χ1) is 10.7. The minimum absolute atomic E-state index is 0.00750. The maximum atomic E-state index is 13.5. The Balaban J connectivity index is 1.53. The van der Waals surface area contributed by atoms with Gasteiger partial charge in [-0.2, -0.15) is 0 Å². The third-order valence-electron chi connectivity index (χ3n) is 5.81. The van der Waals surface area contributed by atoms with E-state index in [1.54, 1.807) is 6.07 Å². The number of nitrogens with one attached hydrogen (secondary N) is 1. The smallest absolute Gasteiger partial charge is 0.190 e. The van der Waals surface area contributed by atoms with Crippen LogP contribution in [0.5, 0.6) is 0 Å². The molecule has 0 radical (unpaired) electrons. The van der Waals surface area contributed by atoms with Crippen molar-refractivity contribution in [2.75, 3.05) is 18.4 Å². The molecule has 0 unspecified atom stereocenters. The number of anilines is 1. The van der Waals surface area contributed by atoms with Crippen LogP contribution < -0.4 is 5.32 Å². The minimum atomic E-state index is -0.474. The summed E-state index contributed by atoms with van der Waals surface area (Å²) in [6.45, 7) is 2.44. The van der Waals surface area contributed by atoms with E-state index in [0.29, 0.717) is 28.9 Å². The molecule has 1 atom stereocenters. The van der Waals surface area contributed by atoms with Gasteiger partial charge in [0.2, 0.25) is 0 Å². The van der Waals surface area contributed by atoms with E-state index in [1.807, 2.05) is 0 Å². The minimum Gasteiger partial charge on any atom is -0.362 e. The summed E-state index contributed by atoms with van der Waals surface area (Å²) in [4.78, 5) is 2.64. The monoisotopic (exact) mass is 321 g/mol. The zero-order chi connectivity index (χ0) is 14.9. The standard InChI is InChI=1S/C16H17ClFN3O/c17-12-11(18)2-1-10-13(12)22-20-15(10)19-14-9-3-7-21(8-4-9)16(14)5-6-16/h1-2,9,14H,3-8H2,(H,19,20)/t14-/m1/s1. The summed E-state index contributed by atoms with van der Waals surface area (Å²) in [7, 11) is 0. The fourth-order valence-electron chi connectivity index (χ4n) is 4.52. The molecule has 1 saturated carbocycles. The number of halogens is 2. The summed E-state index contributed by atoms with van der Waals surface area (Å²) in [6.07, 6.45) is 4.99. The van der Waals surface area contributed by atoms with Gasteiger partial charge in [-0.25, -0.2) is 4.39 Å². The number of piperidine rings is 3. The Morgan fingerprint density at radius 3 is 2.82 bits per heavy atom. The maximum Gasteiger partial charge on any atom is 0.190 e. The van der Waals surface area contributed by atoms with Crippen LogP contribution in [0.2, 0.25) is 5.02 Å². The number of hydrogen-bond donors (Lipinski definition) is 1. The first-order valence-corrected chi connectivity index (χ1v) is 8.32. The predicted molar refractivity (Wildman–Crippen MR) is 82.6 cm³/mol. The summed E-state index contributed by atoms with van der Waals surface area (Å²) in [6, 6.07) is 3.47. The molecule has 3 saturated heterocycles. The zero-order valence-corrected chi connectivity index (χ0v) is 12.9. The van der Waals surface area contributed by atoms with E-state index in [0.717, 1.165) is 5.39 Å². The highest BCUT2D eigenvalue weighted by atomic mass is 35.5. The quantitative estimate of drug-likeness (QED) is 0.916. The molecule has 1 spiro atoms. The fourth-order valence-corrected chi connectivity index (χ4v) is 4.72. The van der Waals surface area contributed by atoms with Gasteiger partial charge in [0.05, 0.1) is 5.39 Å². The van der Waals surface area contributed by atoms with Crippen molar-refractivity contribution in [3.63, 3.8) is 0 Å². The van der Waals surface area contributed by atoms with Crippen molar-refractivity contribution in [1.29, 1.82) is 0 Å². The molecular formula is C16H17ClFN3O. The van der Waals surface area contributed by atoms with Crippen LogP contribution >= 0.6 is 11.6 Å². The van der Waals surface area contributed by atoms with Crippen LogP contribution in [0.3, 0.4) is 0 Å². The van der Waals surface area contributed by atoms with Crippen molar-refractivity contribution < 1.29 is 8.91 Å². The summed E-state index contributed by atoms with van der Waals surface area (Å²) >= 11 is 5.97. The number of rotatable bonds is 2. The second-order valence-electron chi connectivity index (χ2n) is 6.82. The van der Waals surface area contributed by atoms with Crippen LogP contribution in [0, 0.1) is 11.7 Å². The number of hydrogen-bond acceptors (Lipinski definition) is 4. The molecule has 4 fully saturated rings. The largest absolute Gasteiger partial charge is 0.362 e. The molecule has 4 aliphatic rings. The molecule has 1 aromatic carbocycles. The summed E-state index contributed by atoms with van der Waals surface area (Å²) < 4.78 is 18.8. The van der Waals surface area contributed by atoms with Crippen molar-refractivity contribution in [1.82, 2.24) is 10.1 Å². The van der Waals surface area contributed by atoms with Crippen LogP contribution in [0.15, 0.2) is 16.7 Å². The molecule has 0 amide bonds. The van der Waals surface area contributed by atoms with Gasteiger partial charge in [0.15, 0.2) is 11.4 Å². The molecule has 2 bridgehead atoms. The van der Waals surface area contributed by atoms with E-state index in [1.165, 1.54) is 44.8 Å². The summed E-state index contributed by atoms with van der Waals surface area (Å²) in [5.41, 5.74) is 0.645. The van der Waals surface area contributed by atoms with E-state index >= 15 is 0 Å². The lowest BCUT2D eigenvalue weighted by Gasteiger charge is -2.52. The van der Waals surface area contributed by atoms with Crippen molar-refractivity contribution in [3.8, 4) is 0 Å². The van der Waals surface area contributed by atoms with Crippen LogP contribution in [-0.2, 0) is 0 Å². The van der Waals surface area contributed by atoms with Crippen molar-refractivity contribution in [3.05, 3.63) is 23.0 Å². The lowest BCUT2D eigenvalue weighted by atomic mass is 9.77.